The summed E-state index contributed by atoms with van der Waals surface area (Å²) in [6.45, 7) is 5.32. The molecule has 3 nitrogen and oxygen atoms in total. The second kappa shape index (κ2) is 10.2. The molecule has 1 unspecified atom stereocenters. The normalized spacial score (nSPS) is 11.8. The zero-order valence-corrected chi connectivity index (χ0v) is 14.5. The summed E-state index contributed by atoms with van der Waals surface area (Å²) >= 11 is 3.46. The van der Waals surface area contributed by atoms with Crippen LogP contribution in [0.5, 0.6) is 0 Å². The van der Waals surface area contributed by atoms with Crippen LogP contribution in [-0.2, 0) is 11.2 Å². The summed E-state index contributed by atoms with van der Waals surface area (Å²) in [4.78, 5) is 12.1. The molecule has 1 atom stereocenters. The third-order valence-corrected chi connectivity index (χ3v) is 3.43. The van der Waals surface area contributed by atoms with Crippen molar-refractivity contribution in [3.63, 3.8) is 0 Å². The number of hydrogen-bond donors (Lipinski definition) is 2. The fraction of sp³-hybridized carbons (Fsp3) is 0.533. The number of hydrogen-bond acceptors (Lipinski definition) is 2. The van der Waals surface area contributed by atoms with E-state index in [0.717, 1.165) is 17.3 Å². The molecule has 20 heavy (non-hydrogen) atoms. The van der Waals surface area contributed by atoms with Crippen LogP contribution in [0, 0.1) is 11.8 Å². The summed E-state index contributed by atoms with van der Waals surface area (Å²) < 4.78 is 1.05. The molecule has 1 aromatic rings. The molecule has 0 radical (unpaired) electrons. The van der Waals surface area contributed by atoms with Crippen molar-refractivity contribution in [3.8, 4) is 0 Å². The van der Waals surface area contributed by atoms with Gasteiger partial charge in [-0.1, -0.05) is 41.9 Å². The molecular weight excluding hydrogens is 340 g/mol. The van der Waals surface area contributed by atoms with Crippen LogP contribution in [0.3, 0.4) is 0 Å². The van der Waals surface area contributed by atoms with Crippen LogP contribution in [0.2, 0.25) is 0 Å². The summed E-state index contributed by atoms with van der Waals surface area (Å²) in [5.74, 6) is 0.626. The van der Waals surface area contributed by atoms with Gasteiger partial charge in [-0.15, -0.1) is 12.4 Å². The molecule has 1 aromatic carbocycles. The molecule has 0 aliphatic heterocycles. The van der Waals surface area contributed by atoms with Crippen molar-refractivity contribution in [3.05, 3.63) is 34.3 Å². The molecule has 1 amide bonds. The van der Waals surface area contributed by atoms with Crippen molar-refractivity contribution in [2.75, 3.05) is 13.1 Å². The van der Waals surface area contributed by atoms with Crippen molar-refractivity contribution in [1.82, 2.24) is 5.32 Å². The average Bonchev–Trinajstić information content (AvgIpc) is 2.34. The second-order valence-corrected chi connectivity index (χ2v) is 6.16. The smallest absolute Gasteiger partial charge is 0.223 e. The van der Waals surface area contributed by atoms with E-state index < -0.39 is 0 Å². The Bertz CT molecular complexity index is 413. The first-order valence-electron chi connectivity index (χ1n) is 6.75. The number of nitrogens with one attached hydrogen (secondary N) is 1. The Hall–Kier alpha value is -0.580. The van der Waals surface area contributed by atoms with Crippen LogP contribution in [-0.4, -0.2) is 19.0 Å². The highest BCUT2D eigenvalue weighted by atomic mass is 79.9. The van der Waals surface area contributed by atoms with Gasteiger partial charge in [-0.2, -0.15) is 0 Å². The molecule has 1 rings (SSSR count). The van der Waals surface area contributed by atoms with Crippen molar-refractivity contribution < 1.29 is 4.79 Å². The molecule has 3 N–H and O–H groups in total. The van der Waals surface area contributed by atoms with Gasteiger partial charge in [-0.05, 0) is 36.5 Å². The van der Waals surface area contributed by atoms with Crippen LogP contribution < -0.4 is 11.1 Å². The number of carbonyl (C=O) groups is 1. The minimum atomic E-state index is 0. The minimum absolute atomic E-state index is 0. The van der Waals surface area contributed by atoms with Crippen molar-refractivity contribution >= 4 is 34.2 Å². The van der Waals surface area contributed by atoms with Crippen LogP contribution in [0.25, 0.3) is 0 Å². The van der Waals surface area contributed by atoms with E-state index in [0.29, 0.717) is 19.0 Å². The maximum atomic E-state index is 12.1. The van der Waals surface area contributed by atoms with Crippen LogP contribution in [0.15, 0.2) is 28.7 Å². The van der Waals surface area contributed by atoms with Gasteiger partial charge >= 0.3 is 0 Å². The topological polar surface area (TPSA) is 55.1 Å². The van der Waals surface area contributed by atoms with Crippen molar-refractivity contribution in [2.45, 2.75) is 26.7 Å². The molecule has 0 saturated heterocycles. The molecule has 0 fully saturated rings. The third kappa shape index (κ3) is 7.27. The van der Waals surface area contributed by atoms with E-state index in [1.165, 1.54) is 5.56 Å². The minimum Gasteiger partial charge on any atom is -0.355 e. The fourth-order valence-corrected chi connectivity index (χ4v) is 2.59. The third-order valence-electron chi connectivity index (χ3n) is 2.94. The number of benzene rings is 1. The number of amides is 1. The summed E-state index contributed by atoms with van der Waals surface area (Å²) in [7, 11) is 0. The van der Waals surface area contributed by atoms with Gasteiger partial charge in [-0.25, -0.2) is 0 Å². The summed E-state index contributed by atoms with van der Waals surface area (Å²) in [6.07, 6.45) is 1.66. The highest BCUT2D eigenvalue weighted by Gasteiger charge is 2.19. The largest absolute Gasteiger partial charge is 0.355 e. The van der Waals surface area contributed by atoms with Gasteiger partial charge in [0, 0.05) is 23.5 Å². The lowest BCUT2D eigenvalue weighted by molar-refractivity contribution is -0.125. The predicted octanol–water partition coefficient (Wildman–Crippen LogP) is 3.15. The molecule has 0 aliphatic rings. The summed E-state index contributed by atoms with van der Waals surface area (Å²) in [5, 5.41) is 2.90. The number of carbonyl (C=O) groups excluding carboxylic acids is 1. The van der Waals surface area contributed by atoms with E-state index in [-0.39, 0.29) is 24.2 Å². The van der Waals surface area contributed by atoms with Crippen LogP contribution in [0.4, 0.5) is 0 Å². The van der Waals surface area contributed by atoms with E-state index in [1.807, 2.05) is 12.1 Å². The van der Waals surface area contributed by atoms with Gasteiger partial charge in [0.15, 0.2) is 0 Å². The Labute approximate surface area is 136 Å². The summed E-state index contributed by atoms with van der Waals surface area (Å²) in [6, 6.07) is 8.14. The van der Waals surface area contributed by atoms with E-state index in [4.69, 9.17) is 5.73 Å². The van der Waals surface area contributed by atoms with Gasteiger partial charge in [0.1, 0.15) is 0 Å². The molecule has 5 heteroatoms. The highest BCUT2D eigenvalue weighted by molar-refractivity contribution is 9.10. The molecule has 0 spiro atoms. The Morgan fingerprint density at radius 1 is 1.40 bits per heavy atom. The maximum Gasteiger partial charge on any atom is 0.223 e. The predicted molar refractivity (Wildman–Crippen MR) is 90.1 cm³/mol. The van der Waals surface area contributed by atoms with Gasteiger partial charge in [-0.3, -0.25) is 4.79 Å². The number of rotatable bonds is 7. The monoisotopic (exact) mass is 362 g/mol. The van der Waals surface area contributed by atoms with Gasteiger partial charge in [0.2, 0.25) is 5.91 Å². The maximum absolute atomic E-state index is 12.1. The Balaban J connectivity index is 0.00000361. The Kier molecular flexibility index (Phi) is 9.90. The van der Waals surface area contributed by atoms with E-state index in [9.17, 15) is 4.79 Å². The standard InChI is InChI=1S/C15H23BrN2O.ClH/c1-11(2)8-13(15(19)18-7-6-17)9-12-4-3-5-14(16)10-12;/h3-5,10-11,13H,6-9,17H2,1-2H3,(H,18,19);1H. The first-order chi connectivity index (χ1) is 9.02. The van der Waals surface area contributed by atoms with E-state index >= 15 is 0 Å². The first-order valence-corrected chi connectivity index (χ1v) is 7.54. The lowest BCUT2D eigenvalue weighted by Crippen LogP contribution is -2.35. The van der Waals surface area contributed by atoms with Crippen LogP contribution >= 0.6 is 28.3 Å². The SMILES string of the molecule is CC(C)CC(Cc1cccc(Br)c1)C(=O)NCCN.Cl. The van der Waals surface area contributed by atoms with Gasteiger partial charge in [0.05, 0.1) is 0 Å². The van der Waals surface area contributed by atoms with Crippen molar-refractivity contribution in [1.29, 1.82) is 0 Å². The zero-order valence-electron chi connectivity index (χ0n) is 12.1. The average molecular weight is 364 g/mol. The zero-order chi connectivity index (χ0) is 14.3. The highest BCUT2D eigenvalue weighted by Crippen LogP contribution is 2.20. The fourth-order valence-electron chi connectivity index (χ4n) is 2.14. The Morgan fingerprint density at radius 3 is 2.65 bits per heavy atom. The summed E-state index contributed by atoms with van der Waals surface area (Å²) in [5.41, 5.74) is 6.61. The first kappa shape index (κ1) is 19.4. The molecule has 0 aromatic heterocycles. The van der Waals surface area contributed by atoms with Crippen molar-refractivity contribution in [2.24, 2.45) is 17.6 Å². The second-order valence-electron chi connectivity index (χ2n) is 5.24. The quantitative estimate of drug-likeness (QED) is 0.782. The molecule has 0 aliphatic carbocycles. The lowest BCUT2D eigenvalue weighted by Gasteiger charge is -2.18. The van der Waals surface area contributed by atoms with Gasteiger partial charge in [0.25, 0.3) is 0 Å². The Morgan fingerprint density at radius 2 is 2.10 bits per heavy atom. The number of halogens is 2. The van der Waals surface area contributed by atoms with E-state index in [1.54, 1.807) is 0 Å². The number of nitrogens with two attached hydrogens (primary N) is 1. The molecular formula is C15H24BrClN2O. The molecule has 0 bridgehead atoms. The van der Waals surface area contributed by atoms with Crippen LogP contribution in [0.1, 0.15) is 25.8 Å². The lowest BCUT2D eigenvalue weighted by atomic mass is 9.90. The molecule has 0 saturated carbocycles. The molecule has 114 valence electrons. The van der Waals surface area contributed by atoms with Gasteiger partial charge < -0.3 is 11.1 Å². The molecule has 0 heterocycles. The van der Waals surface area contributed by atoms with E-state index in [2.05, 4.69) is 47.2 Å².